The number of hydrogen-bond acceptors (Lipinski definition) is 3. The zero-order valence-electron chi connectivity index (χ0n) is 9.98. The molecule has 7 heteroatoms. The van der Waals surface area contributed by atoms with E-state index in [4.69, 9.17) is 0 Å². The summed E-state index contributed by atoms with van der Waals surface area (Å²) in [6, 6.07) is 2.65. The van der Waals surface area contributed by atoms with Gasteiger partial charge in [0.25, 0.3) is 0 Å². The Morgan fingerprint density at radius 3 is 2.95 bits per heavy atom. The van der Waals surface area contributed by atoms with E-state index in [1.54, 1.807) is 6.33 Å². The van der Waals surface area contributed by atoms with Gasteiger partial charge in [0.2, 0.25) is 0 Å². The molecule has 0 spiro atoms. The molecular weight excluding hydrogens is 318 g/mol. The van der Waals surface area contributed by atoms with Crippen LogP contribution in [0.15, 0.2) is 22.9 Å². The second-order valence-electron chi connectivity index (χ2n) is 4.47. The molecule has 4 nitrogen and oxygen atoms in total. The molecular formula is C12H11BrF2N4. The number of hydrogen-bond donors (Lipinski definition) is 0. The fourth-order valence-corrected chi connectivity index (χ4v) is 2.56. The maximum absolute atomic E-state index is 13.9. The first kappa shape index (κ1) is 12.7. The van der Waals surface area contributed by atoms with Crippen molar-refractivity contribution in [1.29, 1.82) is 0 Å². The maximum Gasteiger partial charge on any atom is 0.147 e. The first-order valence-corrected chi connectivity index (χ1v) is 6.66. The van der Waals surface area contributed by atoms with E-state index in [0.717, 1.165) is 18.9 Å². The van der Waals surface area contributed by atoms with Crippen LogP contribution < -0.4 is 0 Å². The predicted octanol–water partition coefficient (Wildman–Crippen LogP) is 2.33. The minimum atomic E-state index is -0.535. The first-order valence-electron chi connectivity index (χ1n) is 5.86. The van der Waals surface area contributed by atoms with Crippen LogP contribution in [0.2, 0.25) is 0 Å². The molecule has 0 N–H and O–H groups in total. The Labute approximate surface area is 117 Å². The van der Waals surface area contributed by atoms with Crippen LogP contribution in [0.4, 0.5) is 8.78 Å². The Balaban J connectivity index is 1.82. The van der Waals surface area contributed by atoms with Crippen molar-refractivity contribution in [2.45, 2.75) is 19.6 Å². The van der Waals surface area contributed by atoms with E-state index in [0.29, 0.717) is 6.54 Å². The highest BCUT2D eigenvalue weighted by atomic mass is 79.9. The molecule has 0 radical (unpaired) electrons. The number of benzene rings is 1. The summed E-state index contributed by atoms with van der Waals surface area (Å²) in [6.45, 7) is 2.23. The quantitative estimate of drug-likeness (QED) is 0.793. The van der Waals surface area contributed by atoms with E-state index in [1.165, 1.54) is 12.1 Å². The number of fused-ring (bicyclic) bond motifs is 1. The van der Waals surface area contributed by atoms with Gasteiger partial charge in [0.05, 0.1) is 11.0 Å². The summed E-state index contributed by atoms with van der Waals surface area (Å²) < 4.78 is 29.8. The van der Waals surface area contributed by atoms with Crippen LogP contribution in [-0.2, 0) is 19.6 Å². The zero-order valence-corrected chi connectivity index (χ0v) is 11.6. The standard InChI is InChI=1S/C12H11BrF2N4/c13-9-1-2-10(14)8(12(9)15)5-18-3-4-19-7-16-17-11(19)6-18/h1-2,7H,3-6H2. The van der Waals surface area contributed by atoms with Gasteiger partial charge in [0.15, 0.2) is 0 Å². The van der Waals surface area contributed by atoms with Gasteiger partial charge in [0.1, 0.15) is 23.8 Å². The molecule has 0 fully saturated rings. The molecule has 19 heavy (non-hydrogen) atoms. The topological polar surface area (TPSA) is 34.0 Å². The molecule has 1 aliphatic rings. The van der Waals surface area contributed by atoms with Crippen LogP contribution in [0.1, 0.15) is 11.4 Å². The number of halogens is 3. The number of rotatable bonds is 2. The normalized spacial score (nSPS) is 15.5. The van der Waals surface area contributed by atoms with Crippen LogP contribution in [0, 0.1) is 11.6 Å². The molecule has 0 unspecified atom stereocenters. The third-order valence-corrected chi connectivity index (χ3v) is 3.85. The van der Waals surface area contributed by atoms with Crippen LogP contribution in [0.3, 0.4) is 0 Å². The molecule has 0 aliphatic carbocycles. The van der Waals surface area contributed by atoms with E-state index in [1.807, 2.05) is 9.47 Å². The zero-order chi connectivity index (χ0) is 13.4. The second-order valence-corrected chi connectivity index (χ2v) is 5.33. The Bertz CT molecular complexity index is 614. The summed E-state index contributed by atoms with van der Waals surface area (Å²) in [6.07, 6.45) is 1.67. The number of nitrogens with zero attached hydrogens (tertiary/aromatic N) is 4. The molecule has 1 aromatic heterocycles. The number of aromatic nitrogens is 3. The average Bonchev–Trinajstić information content (AvgIpc) is 2.86. The van der Waals surface area contributed by atoms with E-state index in [-0.39, 0.29) is 16.6 Å². The van der Waals surface area contributed by atoms with Crippen molar-refractivity contribution in [3.8, 4) is 0 Å². The predicted molar refractivity (Wildman–Crippen MR) is 68.2 cm³/mol. The van der Waals surface area contributed by atoms with Crippen LogP contribution in [-0.4, -0.2) is 26.2 Å². The molecule has 3 rings (SSSR count). The van der Waals surface area contributed by atoms with Gasteiger partial charge < -0.3 is 4.57 Å². The molecule has 0 saturated heterocycles. The summed E-state index contributed by atoms with van der Waals surface area (Å²) in [5.41, 5.74) is 0.0855. The highest BCUT2D eigenvalue weighted by molar-refractivity contribution is 9.10. The lowest BCUT2D eigenvalue weighted by Crippen LogP contribution is -2.33. The van der Waals surface area contributed by atoms with Gasteiger partial charge in [-0.15, -0.1) is 10.2 Å². The van der Waals surface area contributed by atoms with Gasteiger partial charge in [-0.1, -0.05) is 0 Å². The Morgan fingerprint density at radius 2 is 2.11 bits per heavy atom. The van der Waals surface area contributed by atoms with Crippen LogP contribution in [0.25, 0.3) is 0 Å². The van der Waals surface area contributed by atoms with Gasteiger partial charge >= 0.3 is 0 Å². The second kappa shape index (κ2) is 4.97. The molecule has 2 aromatic rings. The SMILES string of the molecule is Fc1ccc(Br)c(F)c1CN1CCn2cnnc2C1. The highest BCUT2D eigenvalue weighted by Gasteiger charge is 2.21. The molecule has 2 heterocycles. The molecule has 0 bridgehead atoms. The minimum Gasteiger partial charge on any atom is -0.315 e. The van der Waals surface area contributed by atoms with E-state index in [2.05, 4.69) is 26.1 Å². The Kier molecular flexibility index (Phi) is 3.32. The highest BCUT2D eigenvalue weighted by Crippen LogP contribution is 2.24. The Hall–Kier alpha value is -1.34. The van der Waals surface area contributed by atoms with Crippen molar-refractivity contribution in [3.63, 3.8) is 0 Å². The van der Waals surface area contributed by atoms with Crippen molar-refractivity contribution in [2.24, 2.45) is 0 Å². The van der Waals surface area contributed by atoms with Crippen molar-refractivity contribution in [3.05, 3.63) is 46.0 Å². The van der Waals surface area contributed by atoms with Gasteiger partial charge in [-0.3, -0.25) is 4.90 Å². The molecule has 0 saturated carbocycles. The van der Waals surface area contributed by atoms with Gasteiger partial charge in [-0.05, 0) is 28.1 Å². The van der Waals surface area contributed by atoms with Gasteiger partial charge in [-0.2, -0.15) is 0 Å². The van der Waals surface area contributed by atoms with E-state index in [9.17, 15) is 8.78 Å². The molecule has 1 aliphatic heterocycles. The first-order chi connectivity index (χ1) is 9.15. The van der Waals surface area contributed by atoms with Crippen molar-refractivity contribution in [2.75, 3.05) is 6.54 Å². The smallest absolute Gasteiger partial charge is 0.147 e. The van der Waals surface area contributed by atoms with E-state index >= 15 is 0 Å². The summed E-state index contributed by atoms with van der Waals surface area (Å²) in [7, 11) is 0. The monoisotopic (exact) mass is 328 g/mol. The lowest BCUT2D eigenvalue weighted by molar-refractivity contribution is 0.203. The third kappa shape index (κ3) is 2.40. The summed E-state index contributed by atoms with van der Waals surface area (Å²) in [5, 5.41) is 7.81. The molecule has 1 aromatic carbocycles. The molecule has 0 atom stereocenters. The lowest BCUT2D eigenvalue weighted by atomic mass is 10.1. The van der Waals surface area contributed by atoms with Gasteiger partial charge in [0, 0.05) is 25.2 Å². The lowest BCUT2D eigenvalue weighted by Gasteiger charge is -2.27. The molecule has 0 amide bonds. The molecule has 100 valence electrons. The van der Waals surface area contributed by atoms with Gasteiger partial charge in [-0.25, -0.2) is 8.78 Å². The van der Waals surface area contributed by atoms with Crippen LogP contribution in [0.5, 0.6) is 0 Å². The third-order valence-electron chi connectivity index (χ3n) is 3.24. The minimum absolute atomic E-state index is 0.0855. The average molecular weight is 329 g/mol. The van der Waals surface area contributed by atoms with Crippen LogP contribution >= 0.6 is 15.9 Å². The summed E-state index contributed by atoms with van der Waals surface area (Å²) in [5.74, 6) is -0.234. The van der Waals surface area contributed by atoms with Crippen molar-refractivity contribution >= 4 is 15.9 Å². The largest absolute Gasteiger partial charge is 0.315 e. The summed E-state index contributed by atoms with van der Waals surface area (Å²) in [4.78, 5) is 1.96. The van der Waals surface area contributed by atoms with Crippen molar-refractivity contribution in [1.82, 2.24) is 19.7 Å². The van der Waals surface area contributed by atoms with Crippen molar-refractivity contribution < 1.29 is 8.78 Å². The van der Waals surface area contributed by atoms with E-state index < -0.39 is 11.6 Å². The maximum atomic E-state index is 13.9. The fourth-order valence-electron chi connectivity index (χ4n) is 2.19. The fraction of sp³-hybridized carbons (Fsp3) is 0.333. The summed E-state index contributed by atoms with van der Waals surface area (Å²) >= 11 is 3.08. The Morgan fingerprint density at radius 1 is 1.26 bits per heavy atom.